The van der Waals surface area contributed by atoms with E-state index in [-0.39, 0.29) is 5.97 Å². The van der Waals surface area contributed by atoms with Gasteiger partial charge in [-0.15, -0.1) is 0 Å². The number of hydrogen-bond acceptors (Lipinski definition) is 3. The minimum atomic E-state index is -0.270. The van der Waals surface area contributed by atoms with Gasteiger partial charge >= 0.3 is 5.97 Å². The van der Waals surface area contributed by atoms with E-state index < -0.39 is 0 Å². The second kappa shape index (κ2) is 6.40. The Morgan fingerprint density at radius 3 is 2.55 bits per heavy atom. The zero-order valence-electron chi connectivity index (χ0n) is 12.8. The SMILES string of the molecule is COC(=O)c1ccc(CN2CCCC(C)(C)CC2)cc1. The third-order valence-electron chi connectivity index (χ3n) is 4.21. The highest BCUT2D eigenvalue weighted by molar-refractivity contribution is 5.89. The first-order valence-electron chi connectivity index (χ1n) is 7.40. The van der Waals surface area contributed by atoms with Gasteiger partial charge in [-0.05, 0) is 55.5 Å². The molecule has 1 saturated heterocycles. The Hall–Kier alpha value is -1.35. The molecule has 0 amide bonds. The van der Waals surface area contributed by atoms with Crippen molar-refractivity contribution in [1.82, 2.24) is 4.90 Å². The lowest BCUT2D eigenvalue weighted by Crippen LogP contribution is -2.25. The fourth-order valence-electron chi connectivity index (χ4n) is 2.76. The first-order chi connectivity index (χ1) is 9.50. The van der Waals surface area contributed by atoms with Crippen molar-refractivity contribution in [3.05, 3.63) is 35.4 Å². The number of carbonyl (C=O) groups is 1. The van der Waals surface area contributed by atoms with Crippen molar-refractivity contribution in [3.63, 3.8) is 0 Å². The summed E-state index contributed by atoms with van der Waals surface area (Å²) in [7, 11) is 1.41. The zero-order chi connectivity index (χ0) is 14.6. The summed E-state index contributed by atoms with van der Waals surface area (Å²) in [6.07, 6.45) is 3.84. The van der Waals surface area contributed by atoms with Gasteiger partial charge in [-0.1, -0.05) is 26.0 Å². The Labute approximate surface area is 121 Å². The van der Waals surface area contributed by atoms with Crippen LogP contribution in [0.1, 0.15) is 49.0 Å². The molecule has 1 aromatic carbocycles. The minimum Gasteiger partial charge on any atom is -0.465 e. The van der Waals surface area contributed by atoms with Gasteiger partial charge in [0.2, 0.25) is 0 Å². The molecule has 2 rings (SSSR count). The summed E-state index contributed by atoms with van der Waals surface area (Å²) in [6, 6.07) is 7.76. The van der Waals surface area contributed by atoms with Gasteiger partial charge in [-0.25, -0.2) is 4.79 Å². The van der Waals surface area contributed by atoms with E-state index >= 15 is 0 Å². The van der Waals surface area contributed by atoms with Gasteiger partial charge < -0.3 is 4.74 Å². The van der Waals surface area contributed by atoms with Crippen molar-refractivity contribution in [1.29, 1.82) is 0 Å². The lowest BCUT2D eigenvalue weighted by molar-refractivity contribution is 0.0600. The first-order valence-corrected chi connectivity index (χ1v) is 7.40. The smallest absolute Gasteiger partial charge is 0.337 e. The predicted octanol–water partition coefficient (Wildman–Crippen LogP) is 3.49. The molecule has 1 fully saturated rings. The Morgan fingerprint density at radius 2 is 1.90 bits per heavy atom. The average molecular weight is 275 g/mol. The van der Waals surface area contributed by atoms with Crippen molar-refractivity contribution < 1.29 is 9.53 Å². The van der Waals surface area contributed by atoms with Crippen molar-refractivity contribution >= 4 is 5.97 Å². The van der Waals surface area contributed by atoms with Crippen LogP contribution in [0.25, 0.3) is 0 Å². The van der Waals surface area contributed by atoms with Crippen LogP contribution in [-0.4, -0.2) is 31.1 Å². The molecule has 0 aliphatic carbocycles. The molecule has 0 aromatic heterocycles. The molecule has 0 N–H and O–H groups in total. The van der Waals surface area contributed by atoms with Crippen LogP contribution in [0.3, 0.4) is 0 Å². The molecule has 0 radical (unpaired) electrons. The molecule has 0 unspecified atom stereocenters. The summed E-state index contributed by atoms with van der Waals surface area (Å²) in [6.45, 7) is 8.02. The van der Waals surface area contributed by atoms with Crippen LogP contribution >= 0.6 is 0 Å². The van der Waals surface area contributed by atoms with Gasteiger partial charge in [0, 0.05) is 6.54 Å². The molecule has 3 nitrogen and oxygen atoms in total. The van der Waals surface area contributed by atoms with E-state index in [0.29, 0.717) is 11.0 Å². The highest BCUT2D eigenvalue weighted by Gasteiger charge is 2.22. The lowest BCUT2D eigenvalue weighted by atomic mass is 9.85. The van der Waals surface area contributed by atoms with E-state index in [9.17, 15) is 4.79 Å². The van der Waals surface area contributed by atoms with Gasteiger partial charge in [0.05, 0.1) is 12.7 Å². The second-order valence-electron chi connectivity index (χ2n) is 6.48. The highest BCUT2D eigenvalue weighted by atomic mass is 16.5. The van der Waals surface area contributed by atoms with Crippen molar-refractivity contribution in [3.8, 4) is 0 Å². The Morgan fingerprint density at radius 1 is 1.20 bits per heavy atom. The lowest BCUT2D eigenvalue weighted by Gasteiger charge is -2.23. The normalized spacial score (nSPS) is 19.4. The number of esters is 1. The molecule has 1 heterocycles. The summed E-state index contributed by atoms with van der Waals surface area (Å²) in [5.74, 6) is -0.270. The largest absolute Gasteiger partial charge is 0.465 e. The van der Waals surface area contributed by atoms with Gasteiger partial charge in [-0.3, -0.25) is 4.90 Å². The average Bonchev–Trinajstić information content (AvgIpc) is 2.60. The predicted molar refractivity (Wildman–Crippen MR) is 80.7 cm³/mol. The molecule has 110 valence electrons. The summed E-state index contributed by atoms with van der Waals surface area (Å²) in [5, 5.41) is 0. The Balaban J connectivity index is 1.94. The maximum absolute atomic E-state index is 11.4. The minimum absolute atomic E-state index is 0.270. The molecular formula is C17H25NO2. The van der Waals surface area contributed by atoms with Crippen LogP contribution in [0.2, 0.25) is 0 Å². The Kier molecular flexibility index (Phi) is 4.81. The van der Waals surface area contributed by atoms with Crippen LogP contribution in [0.15, 0.2) is 24.3 Å². The molecule has 0 atom stereocenters. The van der Waals surface area contributed by atoms with E-state index in [0.717, 1.165) is 13.1 Å². The number of carbonyl (C=O) groups excluding carboxylic acids is 1. The van der Waals surface area contributed by atoms with Gasteiger partial charge in [0.15, 0.2) is 0 Å². The maximum Gasteiger partial charge on any atom is 0.337 e. The van der Waals surface area contributed by atoms with E-state index in [4.69, 9.17) is 4.74 Å². The van der Waals surface area contributed by atoms with Crippen LogP contribution in [0.4, 0.5) is 0 Å². The first kappa shape index (κ1) is 15.0. The molecule has 1 aromatic rings. The summed E-state index contributed by atoms with van der Waals surface area (Å²) < 4.78 is 4.72. The van der Waals surface area contributed by atoms with Crippen LogP contribution in [0.5, 0.6) is 0 Å². The van der Waals surface area contributed by atoms with E-state index in [1.165, 1.54) is 38.5 Å². The van der Waals surface area contributed by atoms with Gasteiger partial charge in [0.1, 0.15) is 0 Å². The Bertz CT molecular complexity index is 451. The van der Waals surface area contributed by atoms with Crippen LogP contribution in [-0.2, 0) is 11.3 Å². The highest BCUT2D eigenvalue weighted by Crippen LogP contribution is 2.30. The van der Waals surface area contributed by atoms with Crippen molar-refractivity contribution in [2.45, 2.75) is 39.7 Å². The van der Waals surface area contributed by atoms with Crippen LogP contribution in [0, 0.1) is 5.41 Å². The number of methoxy groups -OCH3 is 1. The molecule has 1 aliphatic rings. The van der Waals surface area contributed by atoms with E-state index in [2.05, 4.69) is 18.7 Å². The quantitative estimate of drug-likeness (QED) is 0.791. The standard InChI is InChI=1S/C17H25NO2/c1-17(2)9-4-11-18(12-10-17)13-14-5-7-15(8-6-14)16(19)20-3/h5-8H,4,9-13H2,1-3H3. The molecule has 0 bridgehead atoms. The number of rotatable bonds is 3. The molecule has 20 heavy (non-hydrogen) atoms. The molecular weight excluding hydrogens is 250 g/mol. The number of nitrogens with zero attached hydrogens (tertiary/aromatic N) is 1. The fourth-order valence-corrected chi connectivity index (χ4v) is 2.76. The summed E-state index contributed by atoms with van der Waals surface area (Å²) in [5.41, 5.74) is 2.36. The number of ether oxygens (including phenoxy) is 1. The molecule has 1 aliphatic heterocycles. The molecule has 3 heteroatoms. The molecule has 0 spiro atoms. The summed E-state index contributed by atoms with van der Waals surface area (Å²) >= 11 is 0. The molecule has 0 saturated carbocycles. The maximum atomic E-state index is 11.4. The topological polar surface area (TPSA) is 29.5 Å². The van der Waals surface area contributed by atoms with E-state index in [1.807, 2.05) is 24.3 Å². The summed E-state index contributed by atoms with van der Waals surface area (Å²) in [4.78, 5) is 13.9. The zero-order valence-corrected chi connectivity index (χ0v) is 12.8. The van der Waals surface area contributed by atoms with Gasteiger partial charge in [-0.2, -0.15) is 0 Å². The van der Waals surface area contributed by atoms with Crippen LogP contribution < -0.4 is 0 Å². The number of likely N-dealkylation sites (tertiary alicyclic amines) is 1. The van der Waals surface area contributed by atoms with Crippen molar-refractivity contribution in [2.24, 2.45) is 5.41 Å². The van der Waals surface area contributed by atoms with Crippen molar-refractivity contribution in [2.75, 3.05) is 20.2 Å². The fraction of sp³-hybridized carbons (Fsp3) is 0.588. The third-order valence-corrected chi connectivity index (χ3v) is 4.21. The monoisotopic (exact) mass is 275 g/mol. The third kappa shape index (κ3) is 4.07. The van der Waals surface area contributed by atoms with E-state index in [1.54, 1.807) is 0 Å². The second-order valence-corrected chi connectivity index (χ2v) is 6.48. The number of benzene rings is 1. The number of hydrogen-bond donors (Lipinski definition) is 0. The van der Waals surface area contributed by atoms with Gasteiger partial charge in [0.25, 0.3) is 0 Å².